The van der Waals surface area contributed by atoms with Crippen molar-refractivity contribution in [3.8, 4) is 22.3 Å². The molecule has 0 spiro atoms. The van der Waals surface area contributed by atoms with E-state index in [1.54, 1.807) is 35.2 Å². The van der Waals surface area contributed by atoms with Gasteiger partial charge in [-0.25, -0.2) is 22.4 Å². The van der Waals surface area contributed by atoms with Crippen LogP contribution in [0.2, 0.25) is 5.02 Å². The van der Waals surface area contributed by atoms with Crippen molar-refractivity contribution in [2.45, 2.75) is 81.9 Å². The van der Waals surface area contributed by atoms with Crippen molar-refractivity contribution in [3.05, 3.63) is 115 Å². The van der Waals surface area contributed by atoms with Crippen molar-refractivity contribution in [1.29, 1.82) is 0 Å². The van der Waals surface area contributed by atoms with E-state index >= 15 is 4.39 Å². The highest BCUT2D eigenvalue weighted by Gasteiger charge is 2.44. The van der Waals surface area contributed by atoms with Gasteiger partial charge in [0.15, 0.2) is 23.9 Å². The molecule has 3 saturated heterocycles. The molecule has 378 valence electrons. The van der Waals surface area contributed by atoms with Gasteiger partial charge in [-0.2, -0.15) is 4.31 Å². The third kappa shape index (κ3) is 10.1. The van der Waals surface area contributed by atoms with Crippen LogP contribution in [0.25, 0.3) is 26.1 Å². The van der Waals surface area contributed by atoms with Gasteiger partial charge >= 0.3 is 17.6 Å². The van der Waals surface area contributed by atoms with E-state index in [0.717, 1.165) is 27.7 Å². The lowest BCUT2D eigenvalue weighted by Gasteiger charge is -2.47. The SMILES string of the molecule is COC1CCC(N2C(=O)c3cccc4c(C5CC[N+]([O-])(CNc6cc(CS(=O)(=O)N7CC[C@@H](C#[N+]c8cccc(-c9sc(C(=O)O)c(OCC(=O)O)c9Cl)c8)CC7(C)C)ccc6F)CC5)ccc2c34)C(=O)N1. The van der Waals surface area contributed by atoms with Crippen LogP contribution in [-0.4, -0.2) is 109 Å². The molecule has 0 aliphatic carbocycles. The molecule has 17 nitrogen and oxygen atoms in total. The lowest BCUT2D eigenvalue weighted by atomic mass is 9.85. The van der Waals surface area contributed by atoms with Gasteiger partial charge in [0.05, 0.1) is 41.0 Å². The van der Waals surface area contributed by atoms with Crippen LogP contribution in [0.4, 0.5) is 21.5 Å². The number of anilines is 2. The number of ether oxygens (including phenoxy) is 2. The smallest absolute Gasteiger partial charge is 0.349 e. The van der Waals surface area contributed by atoms with Gasteiger partial charge in [0.2, 0.25) is 15.9 Å². The summed E-state index contributed by atoms with van der Waals surface area (Å²) >= 11 is 7.33. The maximum atomic E-state index is 15.3. The van der Waals surface area contributed by atoms with Crippen LogP contribution in [0.15, 0.2) is 72.8 Å². The molecule has 2 amide bonds. The molecule has 0 bridgehead atoms. The zero-order valence-corrected chi connectivity index (χ0v) is 42.0. The van der Waals surface area contributed by atoms with Crippen LogP contribution in [0.5, 0.6) is 5.75 Å². The molecule has 0 radical (unpaired) electrons. The molecule has 9 rings (SSSR count). The number of benzene rings is 4. The maximum absolute atomic E-state index is 15.3. The van der Waals surface area contributed by atoms with Gasteiger partial charge in [0.25, 0.3) is 12.0 Å². The summed E-state index contributed by atoms with van der Waals surface area (Å²) < 4.78 is 54.8. The number of carbonyl (C=O) groups excluding carboxylic acids is 2. The number of carboxylic acids is 2. The number of quaternary nitrogens is 1. The maximum Gasteiger partial charge on any atom is 0.349 e. The van der Waals surface area contributed by atoms with E-state index in [4.69, 9.17) is 26.2 Å². The normalized spacial score (nSPS) is 23.1. The van der Waals surface area contributed by atoms with Crippen LogP contribution in [0, 0.1) is 23.0 Å². The predicted molar refractivity (Wildman–Crippen MR) is 271 cm³/mol. The van der Waals surface area contributed by atoms with Gasteiger partial charge in [-0.1, -0.05) is 48.0 Å². The summed E-state index contributed by atoms with van der Waals surface area (Å²) in [7, 11) is -2.38. The lowest BCUT2D eigenvalue weighted by Crippen LogP contribution is -2.55. The van der Waals surface area contributed by atoms with E-state index in [1.165, 1.54) is 29.6 Å². The molecular formula is C51H53ClFN6O11S2+. The zero-order chi connectivity index (χ0) is 51.3. The number of hydroxylamine groups is 3. The first-order valence-electron chi connectivity index (χ1n) is 23.5. The number of thiophene rings is 1. The number of hydrogen-bond acceptors (Lipinski definition) is 11. The largest absolute Gasteiger partial charge is 0.631 e. The molecule has 5 heterocycles. The Morgan fingerprint density at radius 1 is 1.04 bits per heavy atom. The lowest BCUT2D eigenvalue weighted by molar-refractivity contribution is -0.882. The van der Waals surface area contributed by atoms with Gasteiger partial charge in [-0.05, 0) is 91.1 Å². The number of likely N-dealkylation sites (tertiary alicyclic amines) is 1. The number of sulfonamides is 1. The van der Waals surface area contributed by atoms with Crippen molar-refractivity contribution in [2.24, 2.45) is 5.92 Å². The van der Waals surface area contributed by atoms with Crippen LogP contribution >= 0.6 is 22.9 Å². The molecule has 2 unspecified atom stereocenters. The first-order chi connectivity index (χ1) is 34.3. The van der Waals surface area contributed by atoms with E-state index < -0.39 is 62.6 Å². The predicted octanol–water partition coefficient (Wildman–Crippen LogP) is 8.98. The van der Waals surface area contributed by atoms with Crippen LogP contribution < -0.4 is 20.3 Å². The number of piperidine rings is 3. The summed E-state index contributed by atoms with van der Waals surface area (Å²) in [6, 6.07) is 22.9. The van der Waals surface area contributed by atoms with Crippen LogP contribution in [0.3, 0.4) is 0 Å². The van der Waals surface area contributed by atoms with Gasteiger partial charge in [-0.3, -0.25) is 14.5 Å². The van der Waals surface area contributed by atoms with Crippen molar-refractivity contribution in [1.82, 2.24) is 9.62 Å². The molecule has 1 aromatic heterocycles. The number of hydrogen-bond donors (Lipinski definition) is 4. The second-order valence-corrected chi connectivity index (χ2v) is 22.6. The first kappa shape index (κ1) is 50.7. The fraction of sp³-hybridized carbons (Fsp3) is 0.392. The number of nitrogens with one attached hydrogen (secondary N) is 2. The van der Waals surface area contributed by atoms with Crippen molar-refractivity contribution >= 4 is 84.5 Å². The van der Waals surface area contributed by atoms with Crippen molar-refractivity contribution < 1.29 is 56.3 Å². The number of amides is 2. The average molecular weight is 1040 g/mol. The van der Waals surface area contributed by atoms with Crippen molar-refractivity contribution in [3.63, 3.8) is 0 Å². The quantitative estimate of drug-likeness (QED) is 0.0605. The Morgan fingerprint density at radius 2 is 1.81 bits per heavy atom. The van der Waals surface area contributed by atoms with E-state index in [9.17, 15) is 37.9 Å². The number of aromatic carboxylic acids is 1. The summed E-state index contributed by atoms with van der Waals surface area (Å²) in [4.78, 5) is 56.1. The third-order valence-corrected chi connectivity index (χ3v) is 17.8. The van der Waals surface area contributed by atoms with E-state index in [-0.39, 0.29) is 71.3 Å². The molecule has 4 aliphatic heterocycles. The Morgan fingerprint density at radius 3 is 2.51 bits per heavy atom. The summed E-state index contributed by atoms with van der Waals surface area (Å²) in [5.74, 6) is -4.51. The second kappa shape index (κ2) is 20.0. The van der Waals surface area contributed by atoms with Gasteiger partial charge in [0.1, 0.15) is 23.1 Å². The number of nitrogens with zero attached hydrogens (tertiary/aromatic N) is 4. The summed E-state index contributed by atoms with van der Waals surface area (Å²) in [5.41, 5.74) is 2.84. The van der Waals surface area contributed by atoms with E-state index in [0.29, 0.717) is 71.5 Å². The van der Waals surface area contributed by atoms with Gasteiger partial charge in [0, 0.05) is 60.7 Å². The van der Waals surface area contributed by atoms with E-state index in [1.807, 2.05) is 38.1 Å². The van der Waals surface area contributed by atoms with Gasteiger partial charge < -0.3 is 40.2 Å². The molecule has 0 saturated carbocycles. The van der Waals surface area contributed by atoms with Gasteiger partial charge in [-0.15, -0.1) is 11.3 Å². The molecular weight excluding hydrogens is 991 g/mol. The molecule has 3 atom stereocenters. The number of carbonyl (C=O) groups is 4. The minimum atomic E-state index is -3.92. The Bertz CT molecular complexity index is 3190. The number of rotatable bonds is 14. The highest BCUT2D eigenvalue weighted by atomic mass is 35.5. The highest BCUT2D eigenvalue weighted by molar-refractivity contribution is 7.88. The Balaban J connectivity index is 0.813. The van der Waals surface area contributed by atoms with Crippen LogP contribution in [0.1, 0.15) is 89.4 Å². The Kier molecular flexibility index (Phi) is 14.1. The second-order valence-electron chi connectivity index (χ2n) is 19.3. The number of methoxy groups -OCH3 is 1. The highest BCUT2D eigenvalue weighted by Crippen LogP contribution is 2.47. The molecule has 21 heteroatoms. The summed E-state index contributed by atoms with van der Waals surface area (Å²) in [6.07, 6.45) is 2.57. The average Bonchev–Trinajstić information content (AvgIpc) is 3.83. The third-order valence-electron chi connectivity index (χ3n) is 14.1. The van der Waals surface area contributed by atoms with Crippen molar-refractivity contribution in [2.75, 3.05) is 50.2 Å². The number of aliphatic carboxylic acids is 1. The Hall–Kier alpha value is -6.18. The number of halogens is 2. The molecule has 72 heavy (non-hydrogen) atoms. The molecule has 5 aromatic rings. The number of carboxylic acid groups (broad SMARTS) is 2. The van der Waals surface area contributed by atoms with Crippen LogP contribution in [-0.2, 0) is 30.1 Å². The summed E-state index contributed by atoms with van der Waals surface area (Å²) in [6.45, 7) is 3.44. The summed E-state index contributed by atoms with van der Waals surface area (Å²) in [5, 5.41) is 40.4. The molecule has 4 aliphatic rings. The zero-order valence-electron chi connectivity index (χ0n) is 39.7. The topological polar surface area (TPSA) is 219 Å². The molecule has 4 aromatic carbocycles. The minimum Gasteiger partial charge on any atom is -0.631 e. The fourth-order valence-electron chi connectivity index (χ4n) is 10.6. The Labute approximate surface area is 424 Å². The standard InChI is InChI=1S/C51H52ClFN6O11S2/c1-51(2)24-30(25-54-33-7-4-6-32(23-33)46-44(52)45(70-26-42(60)61)47(71-46)50(64)65)16-19-57(51)72(67,68)27-29-10-12-37(53)38(22-29)55-28-59(66)20-17-31(18-21-59)34-11-13-39-43-35(34)8-5-9-36(43)49(63)58(39)40-14-15-41(69-3)56-48(40)62/h4-13,22-23,30-31,40-41,55H,14-21,24,26-28H2,1-3H3,(H2-,56,60,61,62,64,65)/p+1/t30-,31?,40?,41?,59?/m1/s1. The minimum absolute atomic E-state index is 0.0280. The van der Waals surface area contributed by atoms with E-state index in [2.05, 4.69) is 21.5 Å². The molecule has 3 fully saturated rings. The monoisotopic (exact) mass is 1040 g/mol. The molecule has 4 N–H and O–H groups in total. The fourth-order valence-corrected chi connectivity index (χ4v) is 14.0. The first-order valence-corrected chi connectivity index (χ1v) is 26.4.